The summed E-state index contributed by atoms with van der Waals surface area (Å²) in [6.07, 6.45) is 0. The predicted octanol–water partition coefficient (Wildman–Crippen LogP) is 4.54. The first-order valence-electron chi connectivity index (χ1n) is 6.44. The van der Waals surface area contributed by atoms with Crippen molar-refractivity contribution < 1.29 is 9.47 Å². The lowest BCUT2D eigenvalue weighted by molar-refractivity contribution is 0.395. The van der Waals surface area contributed by atoms with Gasteiger partial charge in [-0.3, -0.25) is 0 Å². The molecule has 1 N–H and O–H groups in total. The molecule has 2 rings (SSSR count). The third-order valence-corrected chi connectivity index (χ3v) is 4.49. The van der Waals surface area contributed by atoms with Crippen molar-refractivity contribution in [2.45, 2.75) is 6.04 Å². The van der Waals surface area contributed by atoms with Crippen molar-refractivity contribution >= 4 is 31.9 Å². The van der Waals surface area contributed by atoms with Crippen molar-refractivity contribution in [3.63, 3.8) is 0 Å². The van der Waals surface area contributed by atoms with Crippen LogP contribution >= 0.6 is 31.9 Å². The fraction of sp³-hybridized carbons (Fsp3) is 0.250. The second-order valence-corrected chi connectivity index (χ2v) is 6.27. The first-order valence-corrected chi connectivity index (χ1v) is 8.03. The van der Waals surface area contributed by atoms with Crippen LogP contribution in [0.15, 0.2) is 45.3 Å². The molecule has 0 aliphatic rings. The van der Waals surface area contributed by atoms with Crippen LogP contribution in [-0.4, -0.2) is 21.3 Å². The molecule has 0 aliphatic heterocycles. The summed E-state index contributed by atoms with van der Waals surface area (Å²) in [5.74, 6) is 1.63. The van der Waals surface area contributed by atoms with E-state index in [9.17, 15) is 0 Å². The van der Waals surface area contributed by atoms with Crippen LogP contribution in [0.5, 0.6) is 11.5 Å². The molecule has 0 bridgehead atoms. The highest BCUT2D eigenvalue weighted by Crippen LogP contribution is 2.36. The largest absolute Gasteiger partial charge is 0.497 e. The van der Waals surface area contributed by atoms with Crippen LogP contribution in [0.2, 0.25) is 0 Å². The maximum absolute atomic E-state index is 5.49. The average Bonchev–Trinajstić information content (AvgIpc) is 2.49. The Morgan fingerprint density at radius 2 is 1.71 bits per heavy atom. The van der Waals surface area contributed by atoms with Crippen LogP contribution in [0.1, 0.15) is 17.2 Å². The summed E-state index contributed by atoms with van der Waals surface area (Å²) >= 11 is 7.11. The molecular formula is C16H17Br2NO2. The first-order chi connectivity index (χ1) is 10.1. The summed E-state index contributed by atoms with van der Waals surface area (Å²) in [4.78, 5) is 0. The molecule has 0 saturated heterocycles. The van der Waals surface area contributed by atoms with Crippen molar-refractivity contribution in [1.82, 2.24) is 5.32 Å². The van der Waals surface area contributed by atoms with Gasteiger partial charge >= 0.3 is 0 Å². The Morgan fingerprint density at radius 3 is 2.29 bits per heavy atom. The SMILES string of the molecule is CNC(c1ccc(Br)cc1Br)c1cc(OC)ccc1OC. The highest BCUT2D eigenvalue weighted by atomic mass is 79.9. The van der Waals surface area contributed by atoms with Gasteiger partial charge in [0.05, 0.1) is 20.3 Å². The van der Waals surface area contributed by atoms with Crippen molar-refractivity contribution in [2.24, 2.45) is 0 Å². The van der Waals surface area contributed by atoms with Gasteiger partial charge in [-0.15, -0.1) is 0 Å². The number of rotatable bonds is 5. The van der Waals surface area contributed by atoms with Gasteiger partial charge in [-0.05, 0) is 42.9 Å². The lowest BCUT2D eigenvalue weighted by Gasteiger charge is -2.22. The summed E-state index contributed by atoms with van der Waals surface area (Å²) in [6, 6.07) is 11.9. The second-order valence-electron chi connectivity index (χ2n) is 4.50. The van der Waals surface area contributed by atoms with E-state index in [1.165, 1.54) is 0 Å². The fourth-order valence-corrected chi connectivity index (χ4v) is 3.56. The fourth-order valence-electron chi connectivity index (χ4n) is 2.28. The number of hydrogen-bond acceptors (Lipinski definition) is 3. The zero-order chi connectivity index (χ0) is 15.4. The minimum Gasteiger partial charge on any atom is -0.497 e. The Hall–Kier alpha value is -1.04. The van der Waals surface area contributed by atoms with Gasteiger partial charge in [0.25, 0.3) is 0 Å². The Kier molecular flexibility index (Phi) is 5.67. The topological polar surface area (TPSA) is 30.5 Å². The highest BCUT2D eigenvalue weighted by Gasteiger charge is 2.19. The van der Waals surface area contributed by atoms with E-state index in [0.717, 1.165) is 31.6 Å². The van der Waals surface area contributed by atoms with Crippen LogP contribution in [0.3, 0.4) is 0 Å². The molecule has 2 aromatic carbocycles. The van der Waals surface area contributed by atoms with Crippen LogP contribution < -0.4 is 14.8 Å². The molecular weight excluding hydrogens is 398 g/mol. The Balaban J connectivity index is 2.54. The van der Waals surface area contributed by atoms with E-state index in [2.05, 4.69) is 43.2 Å². The normalized spacial score (nSPS) is 12.0. The van der Waals surface area contributed by atoms with E-state index in [1.807, 2.05) is 37.4 Å². The third kappa shape index (κ3) is 3.59. The van der Waals surface area contributed by atoms with Crippen LogP contribution in [0, 0.1) is 0 Å². The molecule has 0 amide bonds. The minimum atomic E-state index is -0.00229. The molecule has 0 spiro atoms. The molecule has 0 fully saturated rings. The zero-order valence-electron chi connectivity index (χ0n) is 12.1. The molecule has 0 aromatic heterocycles. The quantitative estimate of drug-likeness (QED) is 0.779. The van der Waals surface area contributed by atoms with E-state index in [4.69, 9.17) is 9.47 Å². The van der Waals surface area contributed by atoms with Crippen LogP contribution in [0.25, 0.3) is 0 Å². The van der Waals surface area contributed by atoms with Gasteiger partial charge in [0.1, 0.15) is 11.5 Å². The van der Waals surface area contributed by atoms with Gasteiger partial charge < -0.3 is 14.8 Å². The van der Waals surface area contributed by atoms with Gasteiger partial charge in [0, 0.05) is 14.5 Å². The molecule has 0 radical (unpaired) electrons. The predicted molar refractivity (Wildman–Crippen MR) is 92.3 cm³/mol. The lowest BCUT2D eigenvalue weighted by Crippen LogP contribution is -2.19. The second kappa shape index (κ2) is 7.29. The molecule has 0 heterocycles. The van der Waals surface area contributed by atoms with E-state index in [1.54, 1.807) is 14.2 Å². The maximum Gasteiger partial charge on any atom is 0.124 e. The molecule has 1 unspecified atom stereocenters. The lowest BCUT2D eigenvalue weighted by atomic mass is 9.97. The monoisotopic (exact) mass is 413 g/mol. The molecule has 2 aromatic rings. The zero-order valence-corrected chi connectivity index (χ0v) is 15.3. The number of methoxy groups -OCH3 is 2. The standard InChI is InChI=1S/C16H17Br2NO2/c1-19-16(12-6-4-10(17)8-14(12)18)13-9-11(20-2)5-7-15(13)21-3/h4-9,16,19H,1-3H3. The molecule has 3 nitrogen and oxygen atoms in total. The van der Waals surface area contributed by atoms with Crippen molar-refractivity contribution in [2.75, 3.05) is 21.3 Å². The summed E-state index contributed by atoms with van der Waals surface area (Å²) in [5.41, 5.74) is 2.16. The summed E-state index contributed by atoms with van der Waals surface area (Å²) in [7, 11) is 5.27. The maximum atomic E-state index is 5.49. The van der Waals surface area contributed by atoms with Crippen LogP contribution in [0.4, 0.5) is 0 Å². The first kappa shape index (κ1) is 16.3. The van der Waals surface area contributed by atoms with E-state index >= 15 is 0 Å². The van der Waals surface area contributed by atoms with Crippen LogP contribution in [-0.2, 0) is 0 Å². The van der Waals surface area contributed by atoms with Gasteiger partial charge in [-0.1, -0.05) is 37.9 Å². The van der Waals surface area contributed by atoms with Crippen molar-refractivity contribution in [3.05, 3.63) is 56.5 Å². The van der Waals surface area contributed by atoms with Gasteiger partial charge in [-0.25, -0.2) is 0 Å². The van der Waals surface area contributed by atoms with E-state index < -0.39 is 0 Å². The number of nitrogens with one attached hydrogen (secondary N) is 1. The molecule has 112 valence electrons. The van der Waals surface area contributed by atoms with Crippen molar-refractivity contribution in [3.8, 4) is 11.5 Å². The third-order valence-electron chi connectivity index (χ3n) is 3.31. The van der Waals surface area contributed by atoms with Gasteiger partial charge in [-0.2, -0.15) is 0 Å². The summed E-state index contributed by atoms with van der Waals surface area (Å²) in [5, 5.41) is 3.34. The van der Waals surface area contributed by atoms with Gasteiger partial charge in [0.15, 0.2) is 0 Å². The minimum absolute atomic E-state index is 0.00229. The molecule has 1 atom stereocenters. The molecule has 5 heteroatoms. The number of halogens is 2. The highest BCUT2D eigenvalue weighted by molar-refractivity contribution is 9.11. The molecule has 0 saturated carbocycles. The molecule has 0 aliphatic carbocycles. The van der Waals surface area contributed by atoms with E-state index in [0.29, 0.717) is 0 Å². The summed E-state index contributed by atoms with van der Waals surface area (Å²) in [6.45, 7) is 0. The summed E-state index contributed by atoms with van der Waals surface area (Å²) < 4.78 is 12.9. The van der Waals surface area contributed by atoms with Crippen molar-refractivity contribution in [1.29, 1.82) is 0 Å². The van der Waals surface area contributed by atoms with Gasteiger partial charge in [0.2, 0.25) is 0 Å². The average molecular weight is 415 g/mol. The number of ether oxygens (including phenoxy) is 2. The Bertz CT molecular complexity index is 632. The number of benzene rings is 2. The number of hydrogen-bond donors (Lipinski definition) is 1. The van der Waals surface area contributed by atoms with E-state index in [-0.39, 0.29) is 6.04 Å². The Labute approximate surface area is 141 Å². The smallest absolute Gasteiger partial charge is 0.124 e. The Morgan fingerprint density at radius 1 is 0.952 bits per heavy atom. The molecule has 21 heavy (non-hydrogen) atoms.